The number of rotatable bonds is 3. The minimum absolute atomic E-state index is 0.0933. The highest BCUT2D eigenvalue weighted by molar-refractivity contribution is 6.85. The van der Waals surface area contributed by atoms with Crippen molar-refractivity contribution in [3.8, 4) is 0 Å². The molecule has 1 nitrogen and oxygen atoms in total. The van der Waals surface area contributed by atoms with Gasteiger partial charge in [-0.25, -0.2) is 0 Å². The molecule has 0 fully saturated rings. The Hall–Kier alpha value is -0.863. The van der Waals surface area contributed by atoms with E-state index in [4.69, 9.17) is 4.43 Å². The lowest BCUT2D eigenvalue weighted by atomic mass is 10.2. The van der Waals surface area contributed by atoms with Crippen molar-refractivity contribution in [2.45, 2.75) is 39.5 Å². The second kappa shape index (κ2) is 4.56. The smallest absolute Gasteiger partial charge is 0.219 e. The van der Waals surface area contributed by atoms with Gasteiger partial charge in [-0.3, -0.25) is 0 Å². The first-order chi connectivity index (χ1) is 7.26. The molecule has 1 aromatic carbocycles. The molecule has 0 unspecified atom stereocenters. The van der Waals surface area contributed by atoms with E-state index in [1.54, 1.807) is 0 Å². The van der Waals surface area contributed by atoms with Crippen LogP contribution in [0.15, 0.2) is 30.8 Å². The molecule has 0 aromatic heterocycles. The summed E-state index contributed by atoms with van der Waals surface area (Å²) >= 11 is 0. The largest absolute Gasteiger partial charge is 0.408 e. The predicted molar refractivity (Wildman–Crippen MR) is 74.5 cm³/mol. The predicted octanol–water partition coefficient (Wildman–Crippen LogP) is 3.56. The zero-order valence-corrected chi connectivity index (χ0v) is 12.0. The molecule has 0 spiro atoms. The van der Waals surface area contributed by atoms with Crippen LogP contribution in [-0.2, 0) is 4.43 Å². The van der Waals surface area contributed by atoms with E-state index in [2.05, 4.69) is 58.6 Å². The van der Waals surface area contributed by atoms with Gasteiger partial charge in [-0.2, -0.15) is 0 Å². The average molecular weight is 234 g/mol. The minimum atomic E-state index is -1.85. The van der Waals surface area contributed by atoms with Crippen molar-refractivity contribution in [3.63, 3.8) is 0 Å². The van der Waals surface area contributed by atoms with E-state index in [9.17, 15) is 0 Å². The molecular weight excluding hydrogens is 212 g/mol. The molecule has 0 aliphatic heterocycles. The van der Waals surface area contributed by atoms with E-state index in [0.29, 0.717) is 0 Å². The second-order valence-electron chi connectivity index (χ2n) is 5.52. The number of hydrogen-bond acceptors (Lipinski definition) is 1. The zero-order valence-electron chi connectivity index (χ0n) is 11.0. The molecular formula is C14H22OSi. The molecule has 0 radical (unpaired) electrons. The van der Waals surface area contributed by atoms with Crippen LogP contribution in [0.4, 0.5) is 0 Å². The van der Waals surface area contributed by atoms with Gasteiger partial charge in [0, 0.05) is 5.60 Å². The summed E-state index contributed by atoms with van der Waals surface area (Å²) < 4.78 is 6.24. The highest BCUT2D eigenvalue weighted by Crippen LogP contribution is 2.18. The van der Waals surface area contributed by atoms with Crippen molar-refractivity contribution in [1.29, 1.82) is 0 Å². The van der Waals surface area contributed by atoms with E-state index < -0.39 is 8.32 Å². The maximum atomic E-state index is 6.24. The Morgan fingerprint density at radius 3 is 2.25 bits per heavy atom. The fourth-order valence-electron chi connectivity index (χ4n) is 2.04. The van der Waals surface area contributed by atoms with E-state index in [1.165, 1.54) is 10.8 Å². The highest BCUT2D eigenvalue weighted by Gasteiger charge is 2.31. The summed E-state index contributed by atoms with van der Waals surface area (Å²) in [5.41, 5.74) is 1.10. The number of hydrogen-bond donors (Lipinski definition) is 0. The molecule has 1 rings (SSSR count). The highest BCUT2D eigenvalue weighted by atomic mass is 28.4. The maximum absolute atomic E-state index is 6.24. The van der Waals surface area contributed by atoms with Gasteiger partial charge in [0.15, 0.2) is 0 Å². The quantitative estimate of drug-likeness (QED) is 0.727. The molecule has 0 N–H and O–H groups in total. The van der Waals surface area contributed by atoms with Gasteiger partial charge in [0.1, 0.15) is 0 Å². The SMILES string of the molecule is C=Cc1ccccc1[Si](C)(C)OC(C)(C)C. The van der Waals surface area contributed by atoms with Gasteiger partial charge >= 0.3 is 0 Å². The van der Waals surface area contributed by atoms with Crippen molar-refractivity contribution in [3.05, 3.63) is 36.4 Å². The topological polar surface area (TPSA) is 9.23 Å². The molecule has 16 heavy (non-hydrogen) atoms. The van der Waals surface area contributed by atoms with Gasteiger partial charge in [0.05, 0.1) is 0 Å². The van der Waals surface area contributed by atoms with E-state index >= 15 is 0 Å². The second-order valence-corrected chi connectivity index (χ2v) is 9.28. The fourth-order valence-corrected chi connectivity index (χ4v) is 5.06. The molecule has 1 aromatic rings. The summed E-state index contributed by atoms with van der Waals surface area (Å²) in [5, 5.41) is 1.32. The monoisotopic (exact) mass is 234 g/mol. The summed E-state index contributed by atoms with van der Waals surface area (Å²) in [4.78, 5) is 0. The Bertz CT molecular complexity index is 375. The van der Waals surface area contributed by atoms with Crippen LogP contribution in [-0.4, -0.2) is 13.9 Å². The standard InChI is InChI=1S/C14H22OSi/c1-7-12-10-8-9-11-13(12)16(5,6)15-14(2,3)4/h7-11H,1H2,2-6H3. The molecule has 88 valence electrons. The van der Waals surface area contributed by atoms with Crippen LogP contribution < -0.4 is 5.19 Å². The third-order valence-corrected chi connectivity index (χ3v) is 5.27. The van der Waals surface area contributed by atoms with Crippen LogP contribution in [0.3, 0.4) is 0 Å². The van der Waals surface area contributed by atoms with Crippen LogP contribution in [0.5, 0.6) is 0 Å². The van der Waals surface area contributed by atoms with Gasteiger partial charge in [-0.15, -0.1) is 0 Å². The normalized spacial score (nSPS) is 12.6. The molecule has 0 saturated heterocycles. The zero-order chi connectivity index (χ0) is 12.4. The molecule has 0 aliphatic rings. The Kier molecular flexibility index (Phi) is 3.76. The summed E-state index contributed by atoms with van der Waals surface area (Å²) in [6.45, 7) is 14.7. The lowest BCUT2D eigenvalue weighted by molar-refractivity contribution is 0.125. The summed E-state index contributed by atoms with van der Waals surface area (Å²) in [5.74, 6) is 0. The number of benzene rings is 1. The first-order valence-electron chi connectivity index (χ1n) is 5.68. The fraction of sp³-hybridized carbons (Fsp3) is 0.429. The summed E-state index contributed by atoms with van der Waals surface area (Å²) in [6.07, 6.45) is 1.91. The Morgan fingerprint density at radius 1 is 1.19 bits per heavy atom. The molecule has 0 heterocycles. The average Bonchev–Trinajstić information content (AvgIpc) is 2.14. The minimum Gasteiger partial charge on any atom is -0.408 e. The van der Waals surface area contributed by atoms with Gasteiger partial charge in [-0.05, 0) is 44.6 Å². The maximum Gasteiger partial charge on any atom is 0.219 e. The molecule has 0 aliphatic carbocycles. The Balaban J connectivity index is 3.11. The van der Waals surface area contributed by atoms with Crippen molar-refractivity contribution in [2.24, 2.45) is 0 Å². The molecule has 0 bridgehead atoms. The van der Waals surface area contributed by atoms with Gasteiger partial charge in [-0.1, -0.05) is 36.9 Å². The first-order valence-corrected chi connectivity index (χ1v) is 8.59. The molecule has 0 atom stereocenters. The van der Waals surface area contributed by atoms with Crippen LogP contribution in [0, 0.1) is 0 Å². The van der Waals surface area contributed by atoms with E-state index in [0.717, 1.165) is 0 Å². The molecule has 2 heteroatoms. The third kappa shape index (κ3) is 3.32. The lowest BCUT2D eigenvalue weighted by Gasteiger charge is -2.33. The summed E-state index contributed by atoms with van der Waals surface area (Å²) in [6, 6.07) is 8.38. The van der Waals surface area contributed by atoms with Crippen molar-refractivity contribution in [2.75, 3.05) is 0 Å². The summed E-state index contributed by atoms with van der Waals surface area (Å²) in [7, 11) is -1.85. The van der Waals surface area contributed by atoms with E-state index in [-0.39, 0.29) is 5.60 Å². The van der Waals surface area contributed by atoms with Crippen LogP contribution in [0.25, 0.3) is 6.08 Å². The van der Waals surface area contributed by atoms with Gasteiger partial charge in [0.2, 0.25) is 8.32 Å². The molecule has 0 amide bonds. The van der Waals surface area contributed by atoms with Crippen molar-refractivity contribution < 1.29 is 4.43 Å². The first kappa shape index (κ1) is 13.2. The van der Waals surface area contributed by atoms with Crippen molar-refractivity contribution >= 4 is 19.6 Å². The van der Waals surface area contributed by atoms with Crippen LogP contribution in [0.1, 0.15) is 26.3 Å². The van der Waals surface area contributed by atoms with Crippen LogP contribution in [0.2, 0.25) is 13.1 Å². The van der Waals surface area contributed by atoms with Crippen molar-refractivity contribution in [1.82, 2.24) is 0 Å². The van der Waals surface area contributed by atoms with Crippen LogP contribution >= 0.6 is 0 Å². The van der Waals surface area contributed by atoms with Gasteiger partial charge < -0.3 is 4.43 Å². The Labute approximate surface area is 100 Å². The lowest BCUT2D eigenvalue weighted by Crippen LogP contribution is -2.50. The molecule has 0 saturated carbocycles. The van der Waals surface area contributed by atoms with Gasteiger partial charge in [0.25, 0.3) is 0 Å². The van der Waals surface area contributed by atoms with E-state index in [1.807, 2.05) is 12.1 Å². The third-order valence-electron chi connectivity index (χ3n) is 2.39. The Morgan fingerprint density at radius 2 is 1.75 bits per heavy atom.